The second-order valence-electron chi connectivity index (χ2n) is 4.61. The Morgan fingerprint density at radius 1 is 1.53 bits per heavy atom. The normalized spacial score (nSPS) is 18.1. The Bertz CT molecular complexity index is 524. The van der Waals surface area contributed by atoms with Gasteiger partial charge in [0.15, 0.2) is 0 Å². The maximum absolute atomic E-state index is 11.7. The second-order valence-corrected chi connectivity index (χ2v) is 4.61. The summed E-state index contributed by atoms with van der Waals surface area (Å²) in [5.41, 5.74) is 4.81. The lowest BCUT2D eigenvalue weighted by molar-refractivity contribution is -0.384. The summed E-state index contributed by atoms with van der Waals surface area (Å²) in [4.78, 5) is 21.7. The van der Waals surface area contributed by atoms with Crippen LogP contribution in [0, 0.1) is 16.0 Å². The molecule has 1 heterocycles. The standard InChI is InChI=1S/C13H15N3O3/c1-9(2)12-8-15(13(12)17)14-7-10-3-5-11(6-4-10)16(18)19/h3-6,12,14H,1,7-8H2,2H3. The predicted octanol–water partition coefficient (Wildman–Crippen LogP) is 1.63. The fraction of sp³-hybridized carbons (Fsp3) is 0.308. The first-order valence-electron chi connectivity index (χ1n) is 5.92. The molecule has 0 spiro atoms. The third-order valence-corrected chi connectivity index (χ3v) is 3.15. The molecule has 1 N–H and O–H groups in total. The van der Waals surface area contributed by atoms with Crippen LogP contribution in [-0.4, -0.2) is 22.4 Å². The van der Waals surface area contributed by atoms with E-state index >= 15 is 0 Å². The van der Waals surface area contributed by atoms with Crippen LogP contribution in [0.15, 0.2) is 36.4 Å². The lowest BCUT2D eigenvalue weighted by Gasteiger charge is -2.38. The summed E-state index contributed by atoms with van der Waals surface area (Å²) in [5, 5.41) is 12.0. The maximum Gasteiger partial charge on any atom is 0.269 e. The topological polar surface area (TPSA) is 75.5 Å². The van der Waals surface area contributed by atoms with Gasteiger partial charge in [-0.2, -0.15) is 0 Å². The molecule has 0 radical (unpaired) electrons. The monoisotopic (exact) mass is 261 g/mol. The highest BCUT2D eigenvalue weighted by Crippen LogP contribution is 2.22. The minimum absolute atomic E-state index is 0.0226. The van der Waals surface area contributed by atoms with E-state index in [0.29, 0.717) is 13.1 Å². The average Bonchev–Trinajstić information content (AvgIpc) is 2.37. The highest BCUT2D eigenvalue weighted by molar-refractivity contribution is 5.86. The molecule has 0 bridgehead atoms. The molecule has 0 aromatic heterocycles. The first kappa shape index (κ1) is 13.2. The van der Waals surface area contributed by atoms with Gasteiger partial charge in [0, 0.05) is 18.7 Å². The van der Waals surface area contributed by atoms with E-state index in [-0.39, 0.29) is 17.5 Å². The second kappa shape index (κ2) is 5.19. The number of nitro benzene ring substituents is 1. The number of hydrogen-bond donors (Lipinski definition) is 1. The van der Waals surface area contributed by atoms with Crippen molar-refractivity contribution in [3.8, 4) is 0 Å². The van der Waals surface area contributed by atoms with Crippen LogP contribution in [0.25, 0.3) is 0 Å². The molecule has 0 saturated carbocycles. The molecule has 6 heteroatoms. The number of β-lactam (4-membered cyclic amide) rings is 1. The van der Waals surface area contributed by atoms with E-state index in [1.165, 1.54) is 12.1 Å². The summed E-state index contributed by atoms with van der Waals surface area (Å²) in [7, 11) is 0. The number of nitrogens with zero attached hydrogens (tertiary/aromatic N) is 2. The van der Waals surface area contributed by atoms with Crippen LogP contribution < -0.4 is 5.43 Å². The molecule has 19 heavy (non-hydrogen) atoms. The summed E-state index contributed by atoms with van der Waals surface area (Å²) in [6, 6.07) is 6.24. The number of non-ortho nitro benzene ring substituents is 1. The van der Waals surface area contributed by atoms with Gasteiger partial charge in [0.1, 0.15) is 0 Å². The molecule has 6 nitrogen and oxygen atoms in total. The van der Waals surface area contributed by atoms with Crippen LogP contribution in [0.4, 0.5) is 5.69 Å². The minimum Gasteiger partial charge on any atom is -0.276 e. The molecule has 1 atom stereocenters. The van der Waals surface area contributed by atoms with Gasteiger partial charge in [-0.15, -0.1) is 0 Å². The van der Waals surface area contributed by atoms with Crippen molar-refractivity contribution in [2.24, 2.45) is 5.92 Å². The fourth-order valence-corrected chi connectivity index (χ4v) is 1.86. The van der Waals surface area contributed by atoms with E-state index in [0.717, 1.165) is 11.1 Å². The van der Waals surface area contributed by atoms with Crippen LogP contribution in [0.5, 0.6) is 0 Å². The van der Waals surface area contributed by atoms with Crippen molar-refractivity contribution in [2.75, 3.05) is 6.54 Å². The third-order valence-electron chi connectivity index (χ3n) is 3.15. The number of carbonyl (C=O) groups excluding carboxylic acids is 1. The number of hydrogen-bond acceptors (Lipinski definition) is 4. The molecule has 1 aliphatic rings. The highest BCUT2D eigenvalue weighted by Gasteiger charge is 2.36. The lowest BCUT2D eigenvalue weighted by Crippen LogP contribution is -2.58. The van der Waals surface area contributed by atoms with Crippen molar-refractivity contribution in [3.05, 3.63) is 52.1 Å². The van der Waals surface area contributed by atoms with Crippen LogP contribution in [0.1, 0.15) is 12.5 Å². The van der Waals surface area contributed by atoms with Crippen molar-refractivity contribution in [3.63, 3.8) is 0 Å². The van der Waals surface area contributed by atoms with Crippen LogP contribution in [0.2, 0.25) is 0 Å². The average molecular weight is 261 g/mol. The van der Waals surface area contributed by atoms with Crippen molar-refractivity contribution in [1.29, 1.82) is 0 Å². The van der Waals surface area contributed by atoms with Crippen molar-refractivity contribution in [2.45, 2.75) is 13.5 Å². The van der Waals surface area contributed by atoms with Crippen molar-refractivity contribution < 1.29 is 9.72 Å². The van der Waals surface area contributed by atoms with Crippen molar-refractivity contribution in [1.82, 2.24) is 10.4 Å². The summed E-state index contributed by atoms with van der Waals surface area (Å²) in [6.45, 7) is 6.70. The van der Waals surface area contributed by atoms with Gasteiger partial charge >= 0.3 is 0 Å². The number of hydrazine groups is 1. The Balaban J connectivity index is 1.85. The Kier molecular flexibility index (Phi) is 3.62. The van der Waals surface area contributed by atoms with Gasteiger partial charge in [-0.25, -0.2) is 5.43 Å². The number of benzene rings is 1. The SMILES string of the molecule is C=C(C)C1CN(NCc2ccc([N+](=O)[O-])cc2)C1=O. The van der Waals surface area contributed by atoms with Gasteiger partial charge < -0.3 is 0 Å². The van der Waals surface area contributed by atoms with Crippen LogP contribution in [0.3, 0.4) is 0 Å². The highest BCUT2D eigenvalue weighted by atomic mass is 16.6. The summed E-state index contributed by atoms with van der Waals surface area (Å²) in [5.74, 6) is -0.0567. The zero-order valence-electron chi connectivity index (χ0n) is 10.6. The molecule has 2 rings (SSSR count). The molecule has 1 aliphatic heterocycles. The fourth-order valence-electron chi connectivity index (χ4n) is 1.86. The van der Waals surface area contributed by atoms with E-state index in [9.17, 15) is 14.9 Å². The zero-order chi connectivity index (χ0) is 14.0. The lowest BCUT2D eigenvalue weighted by atomic mass is 9.94. The molecular formula is C13H15N3O3. The Hall–Kier alpha value is -2.21. The summed E-state index contributed by atoms with van der Waals surface area (Å²) < 4.78 is 0. The van der Waals surface area contributed by atoms with Gasteiger partial charge in [-0.1, -0.05) is 24.3 Å². The van der Waals surface area contributed by atoms with E-state index in [1.54, 1.807) is 17.1 Å². The van der Waals surface area contributed by atoms with Crippen LogP contribution in [-0.2, 0) is 11.3 Å². The third kappa shape index (κ3) is 2.79. The Morgan fingerprint density at radius 3 is 2.63 bits per heavy atom. The van der Waals surface area contributed by atoms with Gasteiger partial charge in [0.05, 0.1) is 17.4 Å². The smallest absolute Gasteiger partial charge is 0.269 e. The number of carbonyl (C=O) groups is 1. The molecular weight excluding hydrogens is 246 g/mol. The molecule has 1 unspecified atom stereocenters. The molecule has 1 saturated heterocycles. The Labute approximate surface area is 110 Å². The van der Waals surface area contributed by atoms with Gasteiger partial charge in [0.2, 0.25) is 5.91 Å². The summed E-state index contributed by atoms with van der Waals surface area (Å²) >= 11 is 0. The first-order valence-corrected chi connectivity index (χ1v) is 5.92. The maximum atomic E-state index is 11.7. The van der Waals surface area contributed by atoms with Gasteiger partial charge in [0.25, 0.3) is 5.69 Å². The summed E-state index contributed by atoms with van der Waals surface area (Å²) in [6.07, 6.45) is 0. The number of amides is 1. The predicted molar refractivity (Wildman–Crippen MR) is 70.0 cm³/mol. The number of nitrogens with one attached hydrogen (secondary N) is 1. The van der Waals surface area contributed by atoms with E-state index in [1.807, 2.05) is 6.92 Å². The zero-order valence-corrected chi connectivity index (χ0v) is 10.6. The van der Waals surface area contributed by atoms with Crippen molar-refractivity contribution >= 4 is 11.6 Å². The molecule has 1 fully saturated rings. The van der Waals surface area contributed by atoms with Gasteiger partial charge in [-0.05, 0) is 12.5 Å². The number of rotatable bonds is 5. The molecule has 1 aromatic carbocycles. The van der Waals surface area contributed by atoms with E-state index in [4.69, 9.17) is 0 Å². The van der Waals surface area contributed by atoms with E-state index < -0.39 is 4.92 Å². The largest absolute Gasteiger partial charge is 0.276 e. The van der Waals surface area contributed by atoms with E-state index in [2.05, 4.69) is 12.0 Å². The molecule has 1 amide bonds. The van der Waals surface area contributed by atoms with Gasteiger partial charge in [-0.3, -0.25) is 19.9 Å². The molecule has 0 aliphatic carbocycles. The molecule has 1 aromatic rings. The Morgan fingerprint density at radius 2 is 2.16 bits per heavy atom. The minimum atomic E-state index is -0.437. The first-order chi connectivity index (χ1) is 8.99. The number of nitro groups is 1. The quantitative estimate of drug-likeness (QED) is 0.378. The molecule has 100 valence electrons. The van der Waals surface area contributed by atoms with Crippen LogP contribution >= 0.6 is 0 Å².